The number of alkyl halides is 3. The topological polar surface area (TPSA) is 128 Å². The van der Waals surface area contributed by atoms with Gasteiger partial charge in [0.15, 0.2) is 0 Å². The first-order chi connectivity index (χ1) is 21.5. The molecule has 3 aromatic heterocycles. The van der Waals surface area contributed by atoms with E-state index in [2.05, 4.69) is 37.0 Å². The first kappa shape index (κ1) is 28.5. The zero-order valence-corrected chi connectivity index (χ0v) is 24.5. The quantitative estimate of drug-likeness (QED) is 0.197. The van der Waals surface area contributed by atoms with Gasteiger partial charge in [0, 0.05) is 35.4 Å². The molecule has 9 nitrogen and oxygen atoms in total. The molecule has 0 unspecified atom stereocenters. The van der Waals surface area contributed by atoms with Gasteiger partial charge in [-0.3, -0.25) is 9.97 Å². The van der Waals surface area contributed by atoms with Crippen LogP contribution in [0.2, 0.25) is 0 Å². The maximum Gasteiger partial charge on any atom is 0.395 e. The van der Waals surface area contributed by atoms with Crippen molar-refractivity contribution in [2.75, 3.05) is 17.2 Å². The number of aromatic nitrogens is 5. The molecule has 0 amide bonds. The minimum absolute atomic E-state index is 0.0296. The first-order valence-electron chi connectivity index (χ1n) is 14.6. The number of pyridine rings is 2. The predicted octanol–water partition coefficient (Wildman–Crippen LogP) is 6.83. The van der Waals surface area contributed by atoms with E-state index in [4.69, 9.17) is 0 Å². The average Bonchev–Trinajstić information content (AvgIpc) is 3.45. The van der Waals surface area contributed by atoms with Gasteiger partial charge in [-0.05, 0) is 68.9 Å². The molecule has 0 radical (unpaired) electrons. The summed E-state index contributed by atoms with van der Waals surface area (Å²) in [6, 6.07) is 16.7. The minimum atomic E-state index is -4.47. The molecule has 0 aliphatic heterocycles. The highest BCUT2D eigenvalue weighted by Gasteiger charge is 2.59. The summed E-state index contributed by atoms with van der Waals surface area (Å²) in [4.78, 5) is 8.85. The predicted molar refractivity (Wildman–Crippen MR) is 162 cm³/mol. The number of benzene rings is 2. The lowest BCUT2D eigenvalue weighted by atomic mass is 9.50. The molecule has 12 heteroatoms. The van der Waals surface area contributed by atoms with Crippen LogP contribution in [0.15, 0.2) is 61.1 Å². The minimum Gasteiger partial charge on any atom is -0.382 e. The Kier molecular flexibility index (Phi) is 6.44. The number of hydrogen-bond acceptors (Lipinski definition) is 8. The lowest BCUT2D eigenvalue weighted by Gasteiger charge is -2.61. The van der Waals surface area contributed by atoms with Crippen LogP contribution in [0.3, 0.4) is 0 Å². The second kappa shape index (κ2) is 10.2. The summed E-state index contributed by atoms with van der Waals surface area (Å²) in [5, 5.41) is 36.7. The van der Waals surface area contributed by atoms with Gasteiger partial charge in [-0.25, -0.2) is 4.68 Å². The van der Waals surface area contributed by atoms with Crippen LogP contribution >= 0.6 is 0 Å². The third-order valence-corrected chi connectivity index (χ3v) is 9.29. The largest absolute Gasteiger partial charge is 0.395 e. The van der Waals surface area contributed by atoms with E-state index in [1.807, 2.05) is 47.3 Å². The van der Waals surface area contributed by atoms with Crippen LogP contribution in [0.4, 0.5) is 24.5 Å². The number of halogens is 3. The molecule has 2 aromatic carbocycles. The molecule has 0 saturated heterocycles. The van der Waals surface area contributed by atoms with Crippen molar-refractivity contribution in [2.24, 2.45) is 11.3 Å². The molecule has 3 aliphatic carbocycles. The molecule has 5 aromatic rings. The number of hydrogen-bond donors (Lipinski definition) is 2. The Morgan fingerprint density at radius 3 is 2.49 bits per heavy atom. The smallest absolute Gasteiger partial charge is 0.382 e. The van der Waals surface area contributed by atoms with Crippen molar-refractivity contribution in [1.82, 2.24) is 25.0 Å². The maximum atomic E-state index is 13.7. The zero-order chi connectivity index (χ0) is 31.6. The van der Waals surface area contributed by atoms with Crippen LogP contribution in [0.1, 0.15) is 61.5 Å². The molecule has 2 N–H and O–H groups in total. The molecule has 226 valence electrons. The fourth-order valence-corrected chi connectivity index (χ4v) is 6.37. The molecule has 1 atom stereocenters. The summed E-state index contributed by atoms with van der Waals surface area (Å²) in [6.45, 7) is 1.70. The van der Waals surface area contributed by atoms with Gasteiger partial charge < -0.3 is 10.6 Å². The Bertz CT molecular complexity index is 2030. The van der Waals surface area contributed by atoms with Crippen molar-refractivity contribution in [3.8, 4) is 12.1 Å². The van der Waals surface area contributed by atoms with E-state index in [0.29, 0.717) is 16.8 Å². The van der Waals surface area contributed by atoms with E-state index in [0.717, 1.165) is 55.5 Å². The van der Waals surface area contributed by atoms with Crippen molar-refractivity contribution in [1.29, 1.82) is 10.5 Å². The van der Waals surface area contributed by atoms with Gasteiger partial charge in [0.25, 0.3) is 0 Å². The number of nitriles is 2. The van der Waals surface area contributed by atoms with E-state index < -0.39 is 24.2 Å². The van der Waals surface area contributed by atoms with Gasteiger partial charge in [0.1, 0.15) is 17.8 Å². The molecule has 3 aliphatic rings. The Morgan fingerprint density at radius 1 is 1.02 bits per heavy atom. The zero-order valence-electron chi connectivity index (χ0n) is 24.5. The molecule has 3 fully saturated rings. The van der Waals surface area contributed by atoms with Gasteiger partial charge in [-0.2, -0.15) is 23.7 Å². The van der Waals surface area contributed by atoms with E-state index in [1.54, 1.807) is 18.3 Å². The van der Waals surface area contributed by atoms with E-state index in [9.17, 15) is 23.7 Å². The molecule has 2 bridgehead atoms. The van der Waals surface area contributed by atoms with E-state index >= 15 is 0 Å². The van der Waals surface area contributed by atoms with Crippen LogP contribution in [0.25, 0.3) is 21.8 Å². The van der Waals surface area contributed by atoms with Crippen LogP contribution in [0, 0.1) is 34.0 Å². The highest BCUT2D eigenvalue weighted by Crippen LogP contribution is 2.62. The Labute approximate surface area is 256 Å². The summed E-state index contributed by atoms with van der Waals surface area (Å²) in [7, 11) is 0. The summed E-state index contributed by atoms with van der Waals surface area (Å²) in [6.07, 6.45) is 3.78. The third-order valence-electron chi connectivity index (χ3n) is 9.29. The summed E-state index contributed by atoms with van der Waals surface area (Å²) < 4.78 is 43.1. The monoisotopic (exact) mass is 607 g/mol. The van der Waals surface area contributed by atoms with E-state index in [-0.39, 0.29) is 27.9 Å². The van der Waals surface area contributed by atoms with Crippen molar-refractivity contribution in [3.05, 3.63) is 83.4 Å². The molecule has 8 rings (SSSR count). The number of nitrogens with one attached hydrogen (secondary N) is 2. The number of anilines is 2. The van der Waals surface area contributed by atoms with Crippen LogP contribution in [-0.4, -0.2) is 37.7 Å². The standard InChI is InChI=1S/C33H28F3N9/c1-31(2,33(34,35)36)18-41-29-21(15-38)16-40-28-20(14-37)9-22(10-25(28)29)42-30(24-5-3-7-26-23(24)6-4-8-39-26)27-17-45(44-43-27)32-11-19(12-32)13-32/h3-10,16-17,19,30,42H,11-13,18H2,1-2H3,(H,40,41)/t19?,30-,32?/m0/s1. The number of nitrogens with zero attached hydrogens (tertiary/aromatic N) is 7. The van der Waals surface area contributed by atoms with Crippen molar-refractivity contribution in [2.45, 2.75) is 50.9 Å². The van der Waals surface area contributed by atoms with Crippen LogP contribution < -0.4 is 10.6 Å². The Balaban J connectivity index is 1.34. The second-order valence-corrected chi connectivity index (χ2v) is 12.7. The van der Waals surface area contributed by atoms with Crippen molar-refractivity contribution in [3.63, 3.8) is 0 Å². The van der Waals surface area contributed by atoms with Crippen LogP contribution in [-0.2, 0) is 5.54 Å². The van der Waals surface area contributed by atoms with Gasteiger partial charge in [-0.1, -0.05) is 23.4 Å². The first-order valence-corrected chi connectivity index (χ1v) is 14.6. The average molecular weight is 608 g/mol. The lowest BCUT2D eigenvalue weighted by Crippen LogP contribution is -2.59. The summed E-state index contributed by atoms with van der Waals surface area (Å²) in [5.74, 6) is 0.758. The molecule has 0 spiro atoms. The molecule has 3 saturated carbocycles. The highest BCUT2D eigenvalue weighted by molar-refractivity contribution is 5.99. The van der Waals surface area contributed by atoms with Gasteiger partial charge in [0.05, 0.1) is 51.0 Å². The fraction of sp³-hybridized carbons (Fsp3) is 0.333. The Morgan fingerprint density at radius 2 is 1.80 bits per heavy atom. The van der Waals surface area contributed by atoms with Gasteiger partial charge >= 0.3 is 6.18 Å². The number of rotatable bonds is 8. The molecule has 45 heavy (non-hydrogen) atoms. The SMILES string of the molecule is CC(C)(CNc1c(C#N)cnc2c(C#N)cc(N[C@H](c3cn(C45CC(C4)C5)nn3)c3cccc4ncccc34)cc12)C(F)(F)F. The maximum absolute atomic E-state index is 13.7. The van der Waals surface area contributed by atoms with E-state index in [1.165, 1.54) is 6.20 Å². The fourth-order valence-electron chi connectivity index (χ4n) is 6.37. The number of fused-ring (bicyclic) bond motifs is 2. The Hall–Kier alpha value is -5.23. The molecular weight excluding hydrogens is 579 g/mol. The van der Waals surface area contributed by atoms with Crippen LogP contribution in [0.5, 0.6) is 0 Å². The van der Waals surface area contributed by atoms with Gasteiger partial charge in [-0.15, -0.1) is 5.10 Å². The summed E-state index contributed by atoms with van der Waals surface area (Å²) >= 11 is 0. The van der Waals surface area contributed by atoms with Crippen molar-refractivity contribution >= 4 is 33.2 Å². The normalized spacial score (nSPS) is 19.7. The van der Waals surface area contributed by atoms with Gasteiger partial charge in [0.2, 0.25) is 0 Å². The van der Waals surface area contributed by atoms with Crippen molar-refractivity contribution < 1.29 is 13.2 Å². The second-order valence-electron chi connectivity index (χ2n) is 12.7. The highest BCUT2D eigenvalue weighted by atomic mass is 19.4. The lowest BCUT2D eigenvalue weighted by molar-refractivity contribution is -0.206. The third kappa shape index (κ3) is 4.69. The molecule has 3 heterocycles. The molecular formula is C33H28F3N9. The summed E-state index contributed by atoms with van der Waals surface area (Å²) in [5.41, 5.74) is 1.53.